The van der Waals surface area contributed by atoms with E-state index in [4.69, 9.17) is 14.2 Å². The quantitative estimate of drug-likeness (QED) is 0.857. The summed E-state index contributed by atoms with van der Waals surface area (Å²) in [6.45, 7) is 2.94. The van der Waals surface area contributed by atoms with Gasteiger partial charge in [-0.05, 0) is 31.0 Å². The van der Waals surface area contributed by atoms with Crippen LogP contribution in [0.15, 0.2) is 41.4 Å². The molecule has 2 aromatic rings. The second-order valence-corrected chi connectivity index (χ2v) is 5.34. The number of hydrogen-bond acceptors (Lipinski definition) is 4. The summed E-state index contributed by atoms with van der Waals surface area (Å²) < 4.78 is 16.8. The van der Waals surface area contributed by atoms with Crippen LogP contribution in [-0.4, -0.2) is 19.6 Å². The zero-order valence-corrected chi connectivity index (χ0v) is 12.4. The fraction of sp³-hybridized carbons (Fsp3) is 0.278. The van der Waals surface area contributed by atoms with Gasteiger partial charge in [0.05, 0.1) is 12.3 Å². The molecule has 2 aliphatic heterocycles. The van der Waals surface area contributed by atoms with Crippen LogP contribution in [0, 0.1) is 0 Å². The second-order valence-electron chi connectivity index (χ2n) is 5.34. The van der Waals surface area contributed by atoms with Crippen LogP contribution in [0.3, 0.4) is 0 Å². The number of rotatable bonds is 3. The van der Waals surface area contributed by atoms with Crippen molar-refractivity contribution in [1.82, 2.24) is 0 Å². The van der Waals surface area contributed by atoms with Gasteiger partial charge in [-0.25, -0.2) is 0 Å². The van der Waals surface area contributed by atoms with Gasteiger partial charge in [0.25, 0.3) is 0 Å². The first-order valence-electron chi connectivity index (χ1n) is 7.54. The van der Waals surface area contributed by atoms with E-state index in [1.54, 1.807) is 0 Å². The van der Waals surface area contributed by atoms with E-state index in [-0.39, 0.29) is 12.7 Å². The Morgan fingerprint density at radius 3 is 2.82 bits per heavy atom. The van der Waals surface area contributed by atoms with Crippen LogP contribution in [-0.2, 0) is 0 Å². The molecule has 2 heterocycles. The minimum absolute atomic E-state index is 0.227. The summed E-state index contributed by atoms with van der Waals surface area (Å²) in [5.41, 5.74) is 3.31. The van der Waals surface area contributed by atoms with Crippen LogP contribution >= 0.6 is 0 Å². The fourth-order valence-corrected chi connectivity index (χ4v) is 3.07. The molecule has 1 unspecified atom stereocenters. The third-order valence-electron chi connectivity index (χ3n) is 4.06. The Kier molecular flexibility index (Phi) is 3.22. The van der Waals surface area contributed by atoms with E-state index in [1.165, 1.54) is 11.1 Å². The largest absolute Gasteiger partial charge is 0.494 e. The number of fused-ring (bicyclic) bond motifs is 2. The summed E-state index contributed by atoms with van der Waals surface area (Å²) in [5, 5.41) is 0. The molecule has 0 fully saturated rings. The molecular formula is C18H17NO3. The van der Waals surface area contributed by atoms with E-state index in [2.05, 4.69) is 23.2 Å². The van der Waals surface area contributed by atoms with E-state index in [0.717, 1.165) is 29.4 Å². The summed E-state index contributed by atoms with van der Waals surface area (Å²) in [5.74, 6) is 2.74. The number of para-hydroxylation sites is 1. The number of benzene rings is 2. The molecule has 2 aliphatic rings. The van der Waals surface area contributed by atoms with Crippen molar-refractivity contribution in [2.75, 3.05) is 13.4 Å². The summed E-state index contributed by atoms with van der Waals surface area (Å²) in [4.78, 5) is 4.52. The van der Waals surface area contributed by atoms with E-state index in [1.807, 2.05) is 31.3 Å². The van der Waals surface area contributed by atoms with Crippen molar-refractivity contribution in [3.8, 4) is 17.2 Å². The van der Waals surface area contributed by atoms with Gasteiger partial charge in [-0.3, -0.25) is 4.99 Å². The molecule has 0 bridgehead atoms. The van der Waals surface area contributed by atoms with Crippen molar-refractivity contribution in [2.24, 2.45) is 4.99 Å². The molecule has 0 saturated heterocycles. The highest BCUT2D eigenvalue weighted by molar-refractivity contribution is 5.75. The third-order valence-corrected chi connectivity index (χ3v) is 4.06. The van der Waals surface area contributed by atoms with E-state index < -0.39 is 0 Å². The van der Waals surface area contributed by atoms with Crippen molar-refractivity contribution in [3.63, 3.8) is 0 Å². The van der Waals surface area contributed by atoms with Gasteiger partial charge in [-0.2, -0.15) is 0 Å². The lowest BCUT2D eigenvalue weighted by Crippen LogP contribution is -2.08. The van der Waals surface area contributed by atoms with Gasteiger partial charge >= 0.3 is 0 Å². The highest BCUT2D eigenvalue weighted by Crippen LogP contribution is 2.46. The first-order chi connectivity index (χ1) is 10.9. The Morgan fingerprint density at radius 2 is 1.95 bits per heavy atom. The first-order valence-corrected chi connectivity index (χ1v) is 7.54. The van der Waals surface area contributed by atoms with Gasteiger partial charge in [0, 0.05) is 23.8 Å². The molecular weight excluding hydrogens is 278 g/mol. The topological polar surface area (TPSA) is 40.0 Å². The maximum absolute atomic E-state index is 5.80. The average molecular weight is 295 g/mol. The normalized spacial score (nSPS) is 18.1. The molecule has 0 N–H and O–H groups in total. The fourth-order valence-electron chi connectivity index (χ4n) is 3.07. The minimum Gasteiger partial charge on any atom is -0.494 e. The van der Waals surface area contributed by atoms with Crippen molar-refractivity contribution in [2.45, 2.75) is 19.3 Å². The highest BCUT2D eigenvalue weighted by atomic mass is 16.7. The summed E-state index contributed by atoms with van der Waals surface area (Å²) >= 11 is 0. The van der Waals surface area contributed by atoms with Crippen molar-refractivity contribution in [3.05, 3.63) is 47.5 Å². The Morgan fingerprint density at radius 1 is 1.14 bits per heavy atom. The molecule has 112 valence electrons. The maximum atomic E-state index is 5.80. The zero-order chi connectivity index (χ0) is 14.9. The van der Waals surface area contributed by atoms with Gasteiger partial charge in [0.1, 0.15) is 5.75 Å². The van der Waals surface area contributed by atoms with Crippen molar-refractivity contribution >= 4 is 11.9 Å². The van der Waals surface area contributed by atoms with Gasteiger partial charge in [-0.1, -0.05) is 18.2 Å². The number of hydrogen-bond donors (Lipinski definition) is 0. The Bertz CT molecular complexity index is 739. The zero-order valence-electron chi connectivity index (χ0n) is 12.4. The average Bonchev–Trinajstić information content (AvgIpc) is 3.00. The molecule has 4 rings (SSSR count). The van der Waals surface area contributed by atoms with Gasteiger partial charge < -0.3 is 14.2 Å². The molecule has 0 aromatic heterocycles. The number of aliphatic imine (C=N–C) groups is 1. The third kappa shape index (κ3) is 2.11. The van der Waals surface area contributed by atoms with E-state index in [0.29, 0.717) is 6.61 Å². The lowest BCUT2D eigenvalue weighted by atomic mass is 9.85. The van der Waals surface area contributed by atoms with Crippen LogP contribution < -0.4 is 14.2 Å². The van der Waals surface area contributed by atoms with Crippen molar-refractivity contribution in [1.29, 1.82) is 0 Å². The Hall–Kier alpha value is -2.49. The molecule has 0 spiro atoms. The van der Waals surface area contributed by atoms with Crippen molar-refractivity contribution < 1.29 is 14.2 Å². The van der Waals surface area contributed by atoms with Gasteiger partial charge in [-0.15, -0.1) is 0 Å². The molecule has 1 atom stereocenters. The lowest BCUT2D eigenvalue weighted by Gasteiger charge is -2.23. The summed E-state index contributed by atoms with van der Waals surface area (Å²) in [6.07, 6.45) is 2.83. The first kappa shape index (κ1) is 13.2. The molecule has 4 heteroatoms. The smallest absolute Gasteiger partial charge is 0.231 e. The molecule has 0 saturated carbocycles. The predicted octanol–water partition coefficient (Wildman–Crippen LogP) is 4.05. The van der Waals surface area contributed by atoms with Crippen LogP contribution in [0.25, 0.3) is 0 Å². The molecule has 22 heavy (non-hydrogen) atoms. The number of nitrogens with zero attached hydrogens (tertiary/aromatic N) is 1. The SMILES string of the molecule is CCOc1ccccc1C1CC=Nc2cc3c(cc21)OCO3. The summed E-state index contributed by atoms with van der Waals surface area (Å²) in [7, 11) is 0. The predicted molar refractivity (Wildman–Crippen MR) is 84.8 cm³/mol. The molecule has 4 nitrogen and oxygen atoms in total. The molecule has 0 radical (unpaired) electrons. The highest BCUT2D eigenvalue weighted by Gasteiger charge is 2.26. The van der Waals surface area contributed by atoms with Crippen LogP contribution in [0.2, 0.25) is 0 Å². The van der Waals surface area contributed by atoms with E-state index in [9.17, 15) is 0 Å². The molecule has 0 amide bonds. The monoisotopic (exact) mass is 295 g/mol. The lowest BCUT2D eigenvalue weighted by molar-refractivity contribution is 0.174. The molecule has 0 aliphatic carbocycles. The Labute approximate surface area is 129 Å². The van der Waals surface area contributed by atoms with Crippen LogP contribution in [0.4, 0.5) is 5.69 Å². The Balaban J connectivity index is 1.81. The minimum atomic E-state index is 0.227. The standard InChI is InChI=1S/C18H17NO3/c1-2-20-16-6-4-3-5-13(16)12-7-8-19-15-10-18-17(9-14(12)15)21-11-22-18/h3-6,8-10,12H,2,7,11H2,1H3. The van der Waals surface area contributed by atoms with E-state index >= 15 is 0 Å². The van der Waals surface area contributed by atoms with Gasteiger partial charge in [0.15, 0.2) is 11.5 Å². The maximum Gasteiger partial charge on any atom is 0.231 e. The summed E-state index contributed by atoms with van der Waals surface area (Å²) in [6, 6.07) is 12.2. The van der Waals surface area contributed by atoms with Crippen LogP contribution in [0.5, 0.6) is 17.2 Å². The number of ether oxygens (including phenoxy) is 3. The molecule has 2 aromatic carbocycles. The van der Waals surface area contributed by atoms with Crippen LogP contribution in [0.1, 0.15) is 30.4 Å². The van der Waals surface area contributed by atoms with Gasteiger partial charge in [0.2, 0.25) is 6.79 Å². The second kappa shape index (κ2) is 5.37.